The number of allylic oxidation sites excluding steroid dienone is 1. The molecule has 3 aromatic carbocycles. The van der Waals surface area contributed by atoms with Crippen molar-refractivity contribution in [2.45, 2.75) is 31.7 Å². The summed E-state index contributed by atoms with van der Waals surface area (Å²) < 4.78 is 0. The number of hydrogen-bond donors (Lipinski definition) is 1. The van der Waals surface area contributed by atoms with Crippen LogP contribution in [0, 0.1) is 0 Å². The average molecular weight is 452 g/mol. The van der Waals surface area contributed by atoms with Crippen LogP contribution in [0.4, 0.5) is 17.1 Å². The van der Waals surface area contributed by atoms with Gasteiger partial charge in [0.05, 0.1) is 17.4 Å². The SMILES string of the molecule is CC(=O)N1c2ccccc2NC2=C(C(=O)C[C@H](c3ccc(N(C)C)cc3)C2)[C@H]1c1ccccc1. The zero-order valence-electron chi connectivity index (χ0n) is 19.8. The summed E-state index contributed by atoms with van der Waals surface area (Å²) in [6.07, 6.45) is 1.14. The van der Waals surface area contributed by atoms with Gasteiger partial charge in [-0.05, 0) is 47.7 Å². The van der Waals surface area contributed by atoms with Crippen LogP contribution < -0.4 is 15.1 Å². The second kappa shape index (κ2) is 8.82. The summed E-state index contributed by atoms with van der Waals surface area (Å²) in [5.41, 5.74) is 6.46. The Morgan fingerprint density at radius 1 is 0.882 bits per heavy atom. The first kappa shape index (κ1) is 22.0. The number of hydrogen-bond acceptors (Lipinski definition) is 4. The number of nitrogens with one attached hydrogen (secondary N) is 1. The number of amides is 1. The fourth-order valence-electron chi connectivity index (χ4n) is 5.17. The number of nitrogens with zero attached hydrogens (tertiary/aromatic N) is 2. The first-order valence-electron chi connectivity index (χ1n) is 11.7. The number of anilines is 3. The summed E-state index contributed by atoms with van der Waals surface area (Å²) in [6.45, 7) is 1.57. The minimum absolute atomic E-state index is 0.0856. The molecule has 1 amide bonds. The van der Waals surface area contributed by atoms with Gasteiger partial charge in [-0.25, -0.2) is 0 Å². The van der Waals surface area contributed by atoms with Crippen LogP contribution in [-0.2, 0) is 9.59 Å². The van der Waals surface area contributed by atoms with Crippen LogP contribution in [0.2, 0.25) is 0 Å². The molecule has 0 aromatic heterocycles. The van der Waals surface area contributed by atoms with Crippen LogP contribution >= 0.6 is 0 Å². The molecule has 0 fully saturated rings. The predicted molar refractivity (Wildman–Crippen MR) is 137 cm³/mol. The van der Waals surface area contributed by atoms with E-state index >= 15 is 0 Å². The average Bonchev–Trinajstić information content (AvgIpc) is 2.99. The van der Waals surface area contributed by atoms with E-state index in [0.717, 1.165) is 33.9 Å². The molecule has 5 rings (SSSR count). The second-order valence-corrected chi connectivity index (χ2v) is 9.25. The monoisotopic (exact) mass is 451 g/mol. The molecule has 2 aliphatic rings. The normalized spacial score (nSPS) is 19.6. The summed E-state index contributed by atoms with van der Waals surface area (Å²) >= 11 is 0. The maximum absolute atomic E-state index is 13.8. The Kier molecular flexibility index (Phi) is 5.70. The van der Waals surface area contributed by atoms with Crippen molar-refractivity contribution in [3.8, 4) is 0 Å². The minimum atomic E-state index is -0.464. The van der Waals surface area contributed by atoms with E-state index in [0.29, 0.717) is 18.4 Å². The first-order valence-corrected chi connectivity index (χ1v) is 11.7. The molecule has 1 heterocycles. The Morgan fingerprint density at radius 3 is 2.24 bits per heavy atom. The molecule has 1 aliphatic carbocycles. The van der Waals surface area contributed by atoms with Gasteiger partial charge < -0.3 is 10.2 Å². The molecule has 1 N–H and O–H groups in total. The number of benzene rings is 3. The van der Waals surface area contributed by atoms with Crippen molar-refractivity contribution in [2.24, 2.45) is 0 Å². The molecule has 5 heteroatoms. The fourth-order valence-corrected chi connectivity index (χ4v) is 5.17. The number of ketones is 1. The third-order valence-corrected chi connectivity index (χ3v) is 6.82. The maximum Gasteiger partial charge on any atom is 0.224 e. The van der Waals surface area contributed by atoms with Gasteiger partial charge in [0.2, 0.25) is 5.91 Å². The Hall–Kier alpha value is -3.86. The van der Waals surface area contributed by atoms with E-state index in [1.807, 2.05) is 68.7 Å². The van der Waals surface area contributed by atoms with E-state index in [2.05, 4.69) is 34.5 Å². The van der Waals surface area contributed by atoms with E-state index in [1.165, 1.54) is 0 Å². The van der Waals surface area contributed by atoms with Crippen molar-refractivity contribution >= 4 is 28.8 Å². The molecule has 0 spiro atoms. The largest absolute Gasteiger partial charge is 0.378 e. The Bertz CT molecular complexity index is 1260. The lowest BCUT2D eigenvalue weighted by atomic mass is 9.78. The number of para-hydroxylation sites is 2. The molecule has 3 aromatic rings. The van der Waals surface area contributed by atoms with E-state index in [4.69, 9.17) is 0 Å². The Morgan fingerprint density at radius 2 is 1.56 bits per heavy atom. The van der Waals surface area contributed by atoms with E-state index in [-0.39, 0.29) is 17.6 Å². The van der Waals surface area contributed by atoms with Gasteiger partial charge in [0, 0.05) is 44.4 Å². The van der Waals surface area contributed by atoms with Crippen molar-refractivity contribution in [1.82, 2.24) is 0 Å². The van der Waals surface area contributed by atoms with Crippen LogP contribution in [0.15, 0.2) is 90.1 Å². The summed E-state index contributed by atoms with van der Waals surface area (Å²) in [6, 6.07) is 25.7. The fraction of sp³-hybridized carbons (Fsp3) is 0.241. The van der Waals surface area contributed by atoms with Gasteiger partial charge in [0.25, 0.3) is 0 Å². The zero-order valence-corrected chi connectivity index (χ0v) is 19.8. The molecule has 0 bridgehead atoms. The van der Waals surface area contributed by atoms with Crippen LogP contribution in [-0.4, -0.2) is 25.8 Å². The van der Waals surface area contributed by atoms with Gasteiger partial charge in [0.1, 0.15) is 0 Å². The van der Waals surface area contributed by atoms with Crippen molar-refractivity contribution in [1.29, 1.82) is 0 Å². The van der Waals surface area contributed by atoms with E-state index in [9.17, 15) is 9.59 Å². The highest BCUT2D eigenvalue weighted by Crippen LogP contribution is 2.47. The van der Waals surface area contributed by atoms with Crippen molar-refractivity contribution < 1.29 is 9.59 Å². The summed E-state index contributed by atoms with van der Waals surface area (Å²) in [5.74, 6) is 0.0804. The van der Waals surface area contributed by atoms with Gasteiger partial charge in [-0.15, -0.1) is 0 Å². The van der Waals surface area contributed by atoms with E-state index < -0.39 is 6.04 Å². The Balaban J connectivity index is 1.64. The molecule has 34 heavy (non-hydrogen) atoms. The van der Waals surface area contributed by atoms with E-state index in [1.54, 1.807) is 11.8 Å². The van der Waals surface area contributed by atoms with Crippen molar-refractivity contribution in [3.05, 3.63) is 101 Å². The number of fused-ring (bicyclic) bond motifs is 1. The molecular weight excluding hydrogens is 422 g/mol. The highest BCUT2D eigenvalue weighted by molar-refractivity contribution is 6.06. The smallest absolute Gasteiger partial charge is 0.224 e. The van der Waals surface area contributed by atoms with Gasteiger partial charge in [-0.3, -0.25) is 14.5 Å². The molecule has 0 saturated heterocycles. The number of carbonyl (C=O) groups excluding carboxylic acids is 2. The topological polar surface area (TPSA) is 52.7 Å². The number of rotatable bonds is 3. The highest BCUT2D eigenvalue weighted by atomic mass is 16.2. The van der Waals surface area contributed by atoms with Crippen LogP contribution in [0.5, 0.6) is 0 Å². The summed E-state index contributed by atoms with van der Waals surface area (Å²) in [5, 5.41) is 3.56. The summed E-state index contributed by atoms with van der Waals surface area (Å²) in [7, 11) is 4.04. The van der Waals surface area contributed by atoms with Crippen LogP contribution in [0.25, 0.3) is 0 Å². The predicted octanol–water partition coefficient (Wildman–Crippen LogP) is 5.67. The molecule has 0 saturated carbocycles. The van der Waals surface area contributed by atoms with Crippen LogP contribution in [0.1, 0.15) is 42.9 Å². The molecule has 5 nitrogen and oxygen atoms in total. The van der Waals surface area contributed by atoms with Gasteiger partial charge >= 0.3 is 0 Å². The molecular formula is C29H29N3O2. The minimum Gasteiger partial charge on any atom is -0.378 e. The van der Waals surface area contributed by atoms with Crippen LogP contribution in [0.3, 0.4) is 0 Å². The lowest BCUT2D eigenvalue weighted by Crippen LogP contribution is -2.37. The molecule has 0 unspecified atom stereocenters. The van der Waals surface area contributed by atoms with Gasteiger partial charge in [-0.2, -0.15) is 0 Å². The molecule has 0 radical (unpaired) electrons. The molecule has 1 aliphatic heterocycles. The third-order valence-electron chi connectivity index (χ3n) is 6.82. The lowest BCUT2D eigenvalue weighted by Gasteiger charge is -2.34. The standard InChI is InChI=1S/C29H29N3O2/c1-19(33)32-26-12-8-7-11-24(26)30-25-17-22(20-13-15-23(16-14-20)31(2)3)18-27(34)28(25)29(32)21-9-5-4-6-10-21/h4-16,22,29-30H,17-18H2,1-3H3/t22-,29-/m1/s1. The zero-order chi connectivity index (χ0) is 23.8. The Labute approximate surface area is 200 Å². The number of Topliss-reactive ketones (excluding diaryl/α,β-unsaturated/α-hetero) is 1. The van der Waals surface area contributed by atoms with Crippen molar-refractivity contribution in [2.75, 3.05) is 29.2 Å². The van der Waals surface area contributed by atoms with Gasteiger partial charge in [0.15, 0.2) is 5.78 Å². The van der Waals surface area contributed by atoms with Gasteiger partial charge in [-0.1, -0.05) is 54.6 Å². The van der Waals surface area contributed by atoms with Crippen molar-refractivity contribution in [3.63, 3.8) is 0 Å². The molecule has 172 valence electrons. The second-order valence-electron chi connectivity index (χ2n) is 9.25. The third kappa shape index (κ3) is 3.87. The highest BCUT2D eigenvalue weighted by Gasteiger charge is 2.40. The first-order chi connectivity index (χ1) is 16.4. The summed E-state index contributed by atoms with van der Waals surface area (Å²) in [4.78, 5) is 30.6. The number of carbonyl (C=O) groups is 2. The lowest BCUT2D eigenvalue weighted by molar-refractivity contribution is -0.117. The maximum atomic E-state index is 13.8. The quantitative estimate of drug-likeness (QED) is 0.557. The molecule has 2 atom stereocenters.